The summed E-state index contributed by atoms with van der Waals surface area (Å²) in [4.78, 5) is 0. The summed E-state index contributed by atoms with van der Waals surface area (Å²) in [6, 6.07) is 0.667. The first-order valence-electron chi connectivity index (χ1n) is 7.04. The second kappa shape index (κ2) is 6.07. The Kier molecular flexibility index (Phi) is 4.68. The minimum atomic E-state index is 0.667. The molecule has 2 rings (SSSR count). The highest BCUT2D eigenvalue weighted by Crippen LogP contribution is 2.35. The highest BCUT2D eigenvalue weighted by Gasteiger charge is 2.30. The number of aromatic nitrogens is 2. The predicted molar refractivity (Wildman–Crippen MR) is 76.1 cm³/mol. The maximum absolute atomic E-state index is 6.28. The van der Waals surface area contributed by atoms with Crippen LogP contribution in [-0.4, -0.2) is 22.4 Å². The lowest BCUT2D eigenvalue weighted by Gasteiger charge is -2.17. The number of halogens is 1. The second-order valence-corrected chi connectivity index (χ2v) is 5.77. The average molecular weight is 270 g/mol. The molecule has 1 saturated carbocycles. The van der Waals surface area contributed by atoms with Gasteiger partial charge in [0.25, 0.3) is 0 Å². The summed E-state index contributed by atoms with van der Waals surface area (Å²) in [5.74, 6) is 0.896. The number of hydrogen-bond donors (Lipinski definition) is 1. The summed E-state index contributed by atoms with van der Waals surface area (Å²) in [7, 11) is 1.91. The van der Waals surface area contributed by atoms with Crippen molar-refractivity contribution >= 4 is 11.6 Å². The molecule has 1 aromatic rings. The highest BCUT2D eigenvalue weighted by atomic mass is 35.5. The van der Waals surface area contributed by atoms with Crippen LogP contribution in [0.2, 0.25) is 5.15 Å². The summed E-state index contributed by atoms with van der Waals surface area (Å²) in [6.07, 6.45) is 6.20. The van der Waals surface area contributed by atoms with Gasteiger partial charge in [-0.1, -0.05) is 18.5 Å². The van der Waals surface area contributed by atoms with Crippen LogP contribution in [0.25, 0.3) is 0 Å². The molecule has 1 aliphatic carbocycles. The van der Waals surface area contributed by atoms with E-state index in [2.05, 4.69) is 17.3 Å². The Hall–Kier alpha value is -0.540. The summed E-state index contributed by atoms with van der Waals surface area (Å²) < 4.78 is 1.78. The molecule has 18 heavy (non-hydrogen) atoms. The fourth-order valence-corrected chi connectivity index (χ4v) is 2.86. The van der Waals surface area contributed by atoms with Gasteiger partial charge in [-0.05, 0) is 51.5 Å². The first-order chi connectivity index (χ1) is 8.63. The third kappa shape index (κ3) is 3.27. The van der Waals surface area contributed by atoms with E-state index in [0.717, 1.165) is 29.7 Å². The van der Waals surface area contributed by atoms with E-state index in [9.17, 15) is 0 Å². The number of hydrogen-bond acceptors (Lipinski definition) is 2. The largest absolute Gasteiger partial charge is 0.314 e. The second-order valence-electron chi connectivity index (χ2n) is 5.42. The van der Waals surface area contributed by atoms with Crippen LogP contribution in [0, 0.1) is 12.8 Å². The molecule has 0 aliphatic heterocycles. The lowest BCUT2D eigenvalue weighted by molar-refractivity contribution is 0.435. The van der Waals surface area contributed by atoms with E-state index in [1.807, 2.05) is 14.0 Å². The fraction of sp³-hybridized carbons (Fsp3) is 0.786. The summed E-state index contributed by atoms with van der Waals surface area (Å²) >= 11 is 6.28. The fourth-order valence-electron chi connectivity index (χ4n) is 2.59. The van der Waals surface area contributed by atoms with Gasteiger partial charge in [-0.15, -0.1) is 0 Å². The summed E-state index contributed by atoms with van der Waals surface area (Å²) in [5, 5.41) is 8.86. The van der Waals surface area contributed by atoms with Crippen LogP contribution < -0.4 is 5.32 Å². The number of aryl methyl sites for hydroxylation is 2. The molecule has 1 heterocycles. The number of nitrogens with zero attached hydrogens (tertiary/aromatic N) is 2. The molecule has 0 aromatic carbocycles. The van der Waals surface area contributed by atoms with E-state index in [1.54, 1.807) is 4.68 Å². The molecule has 1 aromatic heterocycles. The van der Waals surface area contributed by atoms with Crippen molar-refractivity contribution in [3.63, 3.8) is 0 Å². The smallest absolute Gasteiger partial charge is 0.130 e. The lowest BCUT2D eigenvalue weighted by atomic mass is 10.0. The van der Waals surface area contributed by atoms with Crippen LogP contribution in [-0.2, 0) is 13.5 Å². The molecule has 0 spiro atoms. The summed E-state index contributed by atoms with van der Waals surface area (Å²) in [5.41, 5.74) is 2.30. The molecule has 0 radical (unpaired) electrons. The van der Waals surface area contributed by atoms with Crippen molar-refractivity contribution in [2.75, 3.05) is 6.54 Å². The number of rotatable bonds is 7. The Balaban J connectivity index is 1.92. The van der Waals surface area contributed by atoms with Crippen molar-refractivity contribution in [1.29, 1.82) is 0 Å². The maximum Gasteiger partial charge on any atom is 0.130 e. The van der Waals surface area contributed by atoms with Gasteiger partial charge in [-0.3, -0.25) is 4.68 Å². The minimum Gasteiger partial charge on any atom is -0.314 e. The highest BCUT2D eigenvalue weighted by molar-refractivity contribution is 6.30. The van der Waals surface area contributed by atoms with Crippen molar-refractivity contribution in [1.82, 2.24) is 15.1 Å². The van der Waals surface area contributed by atoms with Gasteiger partial charge in [0.1, 0.15) is 5.15 Å². The van der Waals surface area contributed by atoms with Gasteiger partial charge in [0.2, 0.25) is 0 Å². The Morgan fingerprint density at radius 1 is 1.50 bits per heavy atom. The molecule has 0 saturated heterocycles. The SMILES string of the molecule is CCCNC(CCc1c(C)nn(C)c1Cl)C1CC1. The van der Waals surface area contributed by atoms with Gasteiger partial charge in [0, 0.05) is 18.7 Å². The molecular weight excluding hydrogens is 246 g/mol. The van der Waals surface area contributed by atoms with Crippen molar-refractivity contribution in [2.45, 2.75) is 52.0 Å². The molecule has 1 atom stereocenters. The quantitative estimate of drug-likeness (QED) is 0.824. The average Bonchev–Trinajstić information content (AvgIpc) is 3.13. The van der Waals surface area contributed by atoms with Gasteiger partial charge in [-0.25, -0.2) is 0 Å². The maximum atomic E-state index is 6.28. The molecule has 102 valence electrons. The van der Waals surface area contributed by atoms with Crippen LogP contribution in [0.15, 0.2) is 0 Å². The van der Waals surface area contributed by atoms with Crippen LogP contribution in [0.5, 0.6) is 0 Å². The van der Waals surface area contributed by atoms with Crippen molar-refractivity contribution in [3.8, 4) is 0 Å². The zero-order chi connectivity index (χ0) is 13.1. The molecule has 1 N–H and O–H groups in total. The van der Waals surface area contributed by atoms with Gasteiger partial charge < -0.3 is 5.32 Å². The Bertz CT molecular complexity index is 396. The van der Waals surface area contributed by atoms with Crippen molar-refractivity contribution in [3.05, 3.63) is 16.4 Å². The van der Waals surface area contributed by atoms with E-state index < -0.39 is 0 Å². The third-order valence-electron chi connectivity index (χ3n) is 3.82. The molecule has 1 aliphatic rings. The van der Waals surface area contributed by atoms with Crippen LogP contribution in [0.4, 0.5) is 0 Å². The third-order valence-corrected chi connectivity index (χ3v) is 4.30. The summed E-state index contributed by atoms with van der Waals surface area (Å²) in [6.45, 7) is 5.40. The van der Waals surface area contributed by atoms with Gasteiger partial charge in [0.15, 0.2) is 0 Å². The normalized spacial score (nSPS) is 17.1. The molecule has 1 unspecified atom stereocenters. The molecule has 3 nitrogen and oxygen atoms in total. The van der Waals surface area contributed by atoms with E-state index in [4.69, 9.17) is 11.6 Å². The lowest BCUT2D eigenvalue weighted by Crippen LogP contribution is -2.32. The van der Waals surface area contributed by atoms with E-state index in [1.165, 1.54) is 31.2 Å². The van der Waals surface area contributed by atoms with E-state index in [0.29, 0.717) is 6.04 Å². The molecule has 4 heteroatoms. The Labute approximate surface area is 115 Å². The van der Waals surface area contributed by atoms with Crippen LogP contribution in [0.3, 0.4) is 0 Å². The van der Waals surface area contributed by atoms with Crippen LogP contribution >= 0.6 is 11.6 Å². The first-order valence-corrected chi connectivity index (χ1v) is 7.42. The molecule has 0 amide bonds. The molecular formula is C14H24ClN3. The Morgan fingerprint density at radius 3 is 2.72 bits per heavy atom. The van der Waals surface area contributed by atoms with E-state index >= 15 is 0 Å². The van der Waals surface area contributed by atoms with E-state index in [-0.39, 0.29) is 0 Å². The topological polar surface area (TPSA) is 29.9 Å². The standard InChI is InChI=1S/C14H24ClN3/c1-4-9-16-13(11-5-6-11)8-7-12-10(2)17-18(3)14(12)15/h11,13,16H,4-9H2,1-3H3. The predicted octanol–water partition coefficient (Wildman–Crippen LogP) is 3.09. The van der Waals surface area contributed by atoms with Gasteiger partial charge in [-0.2, -0.15) is 5.10 Å². The van der Waals surface area contributed by atoms with Gasteiger partial charge >= 0.3 is 0 Å². The Morgan fingerprint density at radius 2 is 2.22 bits per heavy atom. The zero-order valence-corrected chi connectivity index (χ0v) is 12.4. The zero-order valence-electron chi connectivity index (χ0n) is 11.7. The van der Waals surface area contributed by atoms with Crippen molar-refractivity contribution < 1.29 is 0 Å². The van der Waals surface area contributed by atoms with Crippen LogP contribution in [0.1, 0.15) is 43.9 Å². The molecule has 1 fully saturated rings. The minimum absolute atomic E-state index is 0.667. The molecule has 0 bridgehead atoms. The van der Waals surface area contributed by atoms with Gasteiger partial charge in [0.05, 0.1) is 5.69 Å². The van der Waals surface area contributed by atoms with Crippen molar-refractivity contribution in [2.24, 2.45) is 13.0 Å². The monoisotopic (exact) mass is 269 g/mol. The first kappa shape index (κ1) is 13.9. The number of nitrogens with one attached hydrogen (secondary N) is 1.